The lowest BCUT2D eigenvalue weighted by molar-refractivity contribution is -0.121. The van der Waals surface area contributed by atoms with Crippen LogP contribution in [-0.2, 0) is 4.79 Å². The average Bonchev–Trinajstić information content (AvgIpc) is 2.32. The van der Waals surface area contributed by atoms with Gasteiger partial charge in [0.2, 0.25) is 5.91 Å². The van der Waals surface area contributed by atoms with Gasteiger partial charge in [-0.15, -0.1) is 0 Å². The second-order valence-corrected chi connectivity index (χ2v) is 4.99. The number of rotatable bonds is 4. The van der Waals surface area contributed by atoms with Gasteiger partial charge in [0.1, 0.15) is 5.82 Å². The first-order valence-electron chi connectivity index (χ1n) is 5.65. The third-order valence-electron chi connectivity index (χ3n) is 3.00. The molecular formula is C12H18BrN3O. The highest BCUT2D eigenvalue weighted by molar-refractivity contribution is 9.10. The minimum atomic E-state index is -0.817. The van der Waals surface area contributed by atoms with Crippen LogP contribution in [0.5, 0.6) is 0 Å². The fourth-order valence-electron chi connectivity index (χ4n) is 1.42. The number of aryl methyl sites for hydroxylation is 1. The second kappa shape index (κ2) is 5.60. The van der Waals surface area contributed by atoms with E-state index in [1.165, 1.54) is 0 Å². The summed E-state index contributed by atoms with van der Waals surface area (Å²) in [5, 5.41) is 2.76. The van der Waals surface area contributed by atoms with Crippen molar-refractivity contribution in [2.75, 3.05) is 5.32 Å². The molecule has 0 aromatic carbocycles. The van der Waals surface area contributed by atoms with E-state index in [2.05, 4.69) is 26.2 Å². The van der Waals surface area contributed by atoms with E-state index in [0.717, 1.165) is 10.0 Å². The standard InChI is InChI=1S/C12H18BrN3O/c1-4-12(14,5-2)11(17)16-10-6-8(3)9(13)7-15-10/h6-7H,4-5,14H2,1-3H3,(H,15,16,17). The van der Waals surface area contributed by atoms with Gasteiger partial charge < -0.3 is 11.1 Å². The Morgan fingerprint density at radius 1 is 1.53 bits per heavy atom. The van der Waals surface area contributed by atoms with Crippen LogP contribution in [0.1, 0.15) is 32.3 Å². The summed E-state index contributed by atoms with van der Waals surface area (Å²) in [5.74, 6) is 0.351. The smallest absolute Gasteiger partial charge is 0.245 e. The monoisotopic (exact) mass is 299 g/mol. The van der Waals surface area contributed by atoms with Gasteiger partial charge in [0.25, 0.3) is 0 Å². The topological polar surface area (TPSA) is 68.0 Å². The molecule has 1 aromatic rings. The Bertz CT molecular complexity index is 416. The van der Waals surface area contributed by atoms with Gasteiger partial charge in [-0.25, -0.2) is 4.98 Å². The van der Waals surface area contributed by atoms with Gasteiger partial charge in [0, 0.05) is 10.7 Å². The third-order valence-corrected chi connectivity index (χ3v) is 3.83. The molecule has 0 spiro atoms. The van der Waals surface area contributed by atoms with E-state index in [4.69, 9.17) is 5.73 Å². The number of aromatic nitrogens is 1. The molecule has 1 amide bonds. The van der Waals surface area contributed by atoms with Crippen LogP contribution in [0.2, 0.25) is 0 Å². The molecule has 0 saturated heterocycles. The van der Waals surface area contributed by atoms with Gasteiger partial charge in [0.15, 0.2) is 0 Å². The third kappa shape index (κ3) is 3.26. The number of halogens is 1. The van der Waals surface area contributed by atoms with Crippen LogP contribution in [0.15, 0.2) is 16.7 Å². The van der Waals surface area contributed by atoms with Crippen LogP contribution in [0.3, 0.4) is 0 Å². The van der Waals surface area contributed by atoms with E-state index in [1.807, 2.05) is 26.8 Å². The molecule has 0 aliphatic heterocycles. The average molecular weight is 300 g/mol. The molecule has 0 aliphatic carbocycles. The van der Waals surface area contributed by atoms with Crippen LogP contribution in [0.4, 0.5) is 5.82 Å². The predicted octanol–water partition coefficient (Wildman–Crippen LogP) is 2.61. The summed E-state index contributed by atoms with van der Waals surface area (Å²) in [4.78, 5) is 16.1. The lowest BCUT2D eigenvalue weighted by Crippen LogP contribution is -2.50. The molecule has 3 N–H and O–H groups in total. The van der Waals surface area contributed by atoms with Gasteiger partial charge in [0.05, 0.1) is 5.54 Å². The van der Waals surface area contributed by atoms with Crippen molar-refractivity contribution in [2.45, 2.75) is 39.2 Å². The van der Waals surface area contributed by atoms with Gasteiger partial charge in [-0.05, 0) is 47.3 Å². The molecule has 0 saturated carbocycles. The Morgan fingerprint density at radius 3 is 2.59 bits per heavy atom. The SMILES string of the molecule is CCC(N)(CC)C(=O)Nc1cc(C)c(Br)cn1. The molecule has 0 aliphatic rings. The molecule has 4 nitrogen and oxygen atoms in total. The molecular weight excluding hydrogens is 282 g/mol. The van der Waals surface area contributed by atoms with Crippen molar-refractivity contribution in [3.05, 3.63) is 22.3 Å². The maximum absolute atomic E-state index is 12.0. The first-order valence-corrected chi connectivity index (χ1v) is 6.44. The molecule has 0 bridgehead atoms. The Labute approximate surface area is 110 Å². The molecule has 0 atom stereocenters. The predicted molar refractivity (Wildman–Crippen MR) is 72.8 cm³/mol. The molecule has 0 fully saturated rings. The van der Waals surface area contributed by atoms with Gasteiger partial charge in [-0.1, -0.05) is 13.8 Å². The highest BCUT2D eigenvalue weighted by Gasteiger charge is 2.30. The van der Waals surface area contributed by atoms with E-state index in [9.17, 15) is 4.79 Å². The minimum Gasteiger partial charge on any atom is -0.317 e. The molecule has 1 heterocycles. The number of anilines is 1. The number of hydrogen-bond donors (Lipinski definition) is 2. The zero-order valence-corrected chi connectivity index (χ0v) is 12.0. The maximum atomic E-state index is 12.0. The summed E-state index contributed by atoms with van der Waals surface area (Å²) in [6, 6.07) is 1.81. The minimum absolute atomic E-state index is 0.184. The summed E-state index contributed by atoms with van der Waals surface area (Å²) >= 11 is 3.36. The van der Waals surface area contributed by atoms with Gasteiger partial charge >= 0.3 is 0 Å². The largest absolute Gasteiger partial charge is 0.317 e. The fraction of sp³-hybridized carbons (Fsp3) is 0.500. The number of carbonyl (C=O) groups is 1. The van der Waals surface area contributed by atoms with Crippen molar-refractivity contribution in [3.63, 3.8) is 0 Å². The Hall–Kier alpha value is -0.940. The normalized spacial score (nSPS) is 11.4. The highest BCUT2D eigenvalue weighted by Crippen LogP contribution is 2.19. The van der Waals surface area contributed by atoms with E-state index in [0.29, 0.717) is 18.7 Å². The number of pyridine rings is 1. The molecule has 1 rings (SSSR count). The summed E-state index contributed by atoms with van der Waals surface area (Å²) in [6.07, 6.45) is 2.87. The van der Waals surface area contributed by atoms with E-state index < -0.39 is 5.54 Å². The Kier molecular flexibility index (Phi) is 4.65. The first kappa shape index (κ1) is 14.1. The zero-order chi connectivity index (χ0) is 13.1. The quantitative estimate of drug-likeness (QED) is 0.898. The second-order valence-electron chi connectivity index (χ2n) is 4.14. The summed E-state index contributed by atoms with van der Waals surface area (Å²) in [6.45, 7) is 5.75. The molecule has 0 unspecified atom stereocenters. The Morgan fingerprint density at radius 2 is 2.12 bits per heavy atom. The summed E-state index contributed by atoms with van der Waals surface area (Å²) in [7, 11) is 0. The number of nitrogens with zero attached hydrogens (tertiary/aromatic N) is 1. The fourth-order valence-corrected chi connectivity index (χ4v) is 1.64. The maximum Gasteiger partial charge on any atom is 0.245 e. The highest BCUT2D eigenvalue weighted by atomic mass is 79.9. The summed E-state index contributed by atoms with van der Waals surface area (Å²) in [5.41, 5.74) is 6.21. The van der Waals surface area contributed by atoms with E-state index >= 15 is 0 Å². The molecule has 0 radical (unpaired) electrons. The van der Waals surface area contributed by atoms with Crippen LogP contribution >= 0.6 is 15.9 Å². The van der Waals surface area contributed by atoms with Crippen molar-refractivity contribution in [1.29, 1.82) is 0 Å². The van der Waals surface area contributed by atoms with Gasteiger partial charge in [-0.2, -0.15) is 0 Å². The van der Waals surface area contributed by atoms with Crippen LogP contribution < -0.4 is 11.1 Å². The van der Waals surface area contributed by atoms with Crippen molar-refractivity contribution in [3.8, 4) is 0 Å². The Balaban J connectivity index is 2.84. The van der Waals surface area contributed by atoms with Crippen LogP contribution in [0.25, 0.3) is 0 Å². The molecule has 17 heavy (non-hydrogen) atoms. The lowest BCUT2D eigenvalue weighted by Gasteiger charge is -2.24. The summed E-state index contributed by atoms with van der Waals surface area (Å²) < 4.78 is 0.917. The zero-order valence-electron chi connectivity index (χ0n) is 10.4. The lowest BCUT2D eigenvalue weighted by atomic mass is 9.93. The van der Waals surface area contributed by atoms with Crippen molar-refractivity contribution < 1.29 is 4.79 Å². The van der Waals surface area contributed by atoms with Crippen molar-refractivity contribution >= 4 is 27.7 Å². The van der Waals surface area contributed by atoms with Crippen molar-refractivity contribution in [2.24, 2.45) is 5.73 Å². The number of nitrogens with one attached hydrogen (secondary N) is 1. The molecule has 5 heteroatoms. The number of carbonyl (C=O) groups excluding carboxylic acids is 1. The first-order chi connectivity index (χ1) is 7.92. The number of nitrogens with two attached hydrogens (primary N) is 1. The molecule has 1 aromatic heterocycles. The number of amides is 1. The van der Waals surface area contributed by atoms with Crippen molar-refractivity contribution in [1.82, 2.24) is 4.98 Å². The van der Waals surface area contributed by atoms with Crippen LogP contribution in [-0.4, -0.2) is 16.4 Å². The molecule has 94 valence electrons. The van der Waals surface area contributed by atoms with Gasteiger partial charge in [-0.3, -0.25) is 4.79 Å². The number of hydrogen-bond acceptors (Lipinski definition) is 3. The van der Waals surface area contributed by atoms with Crippen LogP contribution in [0, 0.1) is 6.92 Å². The van der Waals surface area contributed by atoms with E-state index in [1.54, 1.807) is 6.20 Å². The van der Waals surface area contributed by atoms with E-state index in [-0.39, 0.29) is 5.91 Å².